The van der Waals surface area contributed by atoms with Crippen LogP contribution in [0.4, 0.5) is 0 Å². The van der Waals surface area contributed by atoms with Gasteiger partial charge in [0.05, 0.1) is 11.2 Å². The fraction of sp³-hybridized carbons (Fsp3) is 1.00. The molecule has 60 valence electrons. The third kappa shape index (κ3) is 0.663. The van der Waals surface area contributed by atoms with E-state index in [1.165, 1.54) is 0 Å². The zero-order chi connectivity index (χ0) is 8.21. The molecule has 0 saturated heterocycles. The van der Waals surface area contributed by atoms with Crippen molar-refractivity contribution in [2.75, 3.05) is 0 Å². The minimum Gasteiger partial charge on any atom is -0.389 e. The van der Waals surface area contributed by atoms with E-state index in [-0.39, 0.29) is 5.41 Å². The van der Waals surface area contributed by atoms with Gasteiger partial charge in [-0.25, -0.2) is 0 Å². The molecule has 0 aromatic carbocycles. The molecule has 10 heavy (non-hydrogen) atoms. The average Bonchev–Trinajstić information content (AvgIpc) is 1.61. The molecular weight excluding hydrogens is 128 g/mol. The maximum atomic E-state index is 9.62. The molecule has 2 nitrogen and oxygen atoms in total. The van der Waals surface area contributed by atoms with Crippen molar-refractivity contribution in [3.8, 4) is 0 Å². The summed E-state index contributed by atoms with van der Waals surface area (Å²) in [7, 11) is 0. The van der Waals surface area contributed by atoms with E-state index >= 15 is 0 Å². The van der Waals surface area contributed by atoms with Crippen LogP contribution in [0.3, 0.4) is 0 Å². The molecule has 1 aliphatic rings. The maximum absolute atomic E-state index is 9.62. The van der Waals surface area contributed by atoms with Gasteiger partial charge in [0.1, 0.15) is 0 Å². The number of hydrogen-bond donors (Lipinski definition) is 2. The molecule has 2 atom stereocenters. The van der Waals surface area contributed by atoms with Gasteiger partial charge in [-0.15, -0.1) is 0 Å². The maximum Gasteiger partial charge on any atom is 0.0725 e. The normalized spacial score (nSPS) is 52.2. The number of aliphatic hydroxyl groups is 2. The van der Waals surface area contributed by atoms with Gasteiger partial charge in [-0.2, -0.15) is 0 Å². The van der Waals surface area contributed by atoms with Crippen molar-refractivity contribution in [3.05, 3.63) is 0 Å². The average molecular weight is 144 g/mol. The van der Waals surface area contributed by atoms with Crippen LogP contribution in [0.5, 0.6) is 0 Å². The Kier molecular flexibility index (Phi) is 1.25. The van der Waals surface area contributed by atoms with Crippen molar-refractivity contribution in [1.29, 1.82) is 0 Å². The van der Waals surface area contributed by atoms with E-state index in [2.05, 4.69) is 0 Å². The quantitative estimate of drug-likeness (QED) is 0.530. The molecule has 0 amide bonds. The third-order valence-corrected chi connectivity index (χ3v) is 3.38. The van der Waals surface area contributed by atoms with Gasteiger partial charge in [0.15, 0.2) is 0 Å². The Morgan fingerprint density at radius 1 is 0.900 bits per heavy atom. The van der Waals surface area contributed by atoms with Gasteiger partial charge in [-0.05, 0) is 13.8 Å². The summed E-state index contributed by atoms with van der Waals surface area (Å²) in [5.74, 6) is 0. The summed E-state index contributed by atoms with van der Waals surface area (Å²) in [5, 5.41) is 19.2. The highest BCUT2D eigenvalue weighted by atomic mass is 16.3. The Morgan fingerprint density at radius 2 is 1.20 bits per heavy atom. The molecule has 0 radical (unpaired) electrons. The highest BCUT2D eigenvalue weighted by Gasteiger charge is 2.63. The van der Waals surface area contributed by atoms with E-state index in [0.717, 1.165) is 0 Å². The standard InChI is InChI=1S/C8H16O2/c1-6(2)7(3,9)5-8(6,4)10/h9-10H,5H2,1-4H3/t7-,8+. The second kappa shape index (κ2) is 1.56. The molecule has 0 aliphatic heterocycles. The van der Waals surface area contributed by atoms with Crippen molar-refractivity contribution in [2.24, 2.45) is 5.41 Å². The molecule has 0 unspecified atom stereocenters. The predicted molar refractivity (Wildman–Crippen MR) is 39.6 cm³/mol. The van der Waals surface area contributed by atoms with E-state index in [9.17, 15) is 10.2 Å². The van der Waals surface area contributed by atoms with E-state index in [1.54, 1.807) is 13.8 Å². The zero-order valence-electron chi connectivity index (χ0n) is 7.10. The van der Waals surface area contributed by atoms with Crippen LogP contribution in [0.1, 0.15) is 34.1 Å². The Morgan fingerprint density at radius 3 is 1.20 bits per heavy atom. The van der Waals surface area contributed by atoms with Crippen molar-refractivity contribution >= 4 is 0 Å². The molecule has 0 bridgehead atoms. The summed E-state index contributed by atoms with van der Waals surface area (Å²) < 4.78 is 0. The lowest BCUT2D eigenvalue weighted by Gasteiger charge is -2.61. The lowest BCUT2D eigenvalue weighted by atomic mass is 9.50. The Balaban J connectivity index is 2.85. The van der Waals surface area contributed by atoms with Crippen molar-refractivity contribution in [1.82, 2.24) is 0 Å². The molecule has 0 spiro atoms. The first-order chi connectivity index (χ1) is 4.21. The lowest BCUT2D eigenvalue weighted by molar-refractivity contribution is -0.270. The second-order valence-electron chi connectivity index (χ2n) is 4.35. The summed E-state index contributed by atoms with van der Waals surface area (Å²) in [6.45, 7) is 7.31. The van der Waals surface area contributed by atoms with Gasteiger partial charge in [0.25, 0.3) is 0 Å². The van der Waals surface area contributed by atoms with Gasteiger partial charge in [0.2, 0.25) is 0 Å². The van der Waals surface area contributed by atoms with Gasteiger partial charge < -0.3 is 10.2 Å². The van der Waals surface area contributed by atoms with Crippen LogP contribution in [0, 0.1) is 5.41 Å². The van der Waals surface area contributed by atoms with Crippen LogP contribution in [0.15, 0.2) is 0 Å². The second-order valence-corrected chi connectivity index (χ2v) is 4.35. The predicted octanol–water partition coefficient (Wildman–Crippen LogP) is 0.918. The lowest BCUT2D eigenvalue weighted by Crippen LogP contribution is -2.69. The largest absolute Gasteiger partial charge is 0.389 e. The topological polar surface area (TPSA) is 40.5 Å². The van der Waals surface area contributed by atoms with Crippen molar-refractivity contribution < 1.29 is 10.2 Å². The minimum absolute atomic E-state index is 0.375. The molecular formula is C8H16O2. The first-order valence-electron chi connectivity index (χ1n) is 3.65. The Bertz CT molecular complexity index is 141. The van der Waals surface area contributed by atoms with Gasteiger partial charge in [0, 0.05) is 11.8 Å². The van der Waals surface area contributed by atoms with Crippen LogP contribution >= 0.6 is 0 Å². The minimum atomic E-state index is -0.698. The van der Waals surface area contributed by atoms with E-state index in [4.69, 9.17) is 0 Å². The Labute approximate surface area is 61.9 Å². The van der Waals surface area contributed by atoms with Crippen LogP contribution in [-0.4, -0.2) is 21.4 Å². The van der Waals surface area contributed by atoms with Gasteiger partial charge in [-0.1, -0.05) is 13.8 Å². The molecule has 2 N–H and O–H groups in total. The van der Waals surface area contributed by atoms with E-state index in [1.807, 2.05) is 13.8 Å². The highest BCUT2D eigenvalue weighted by Crippen LogP contribution is 2.56. The van der Waals surface area contributed by atoms with Crippen molar-refractivity contribution in [3.63, 3.8) is 0 Å². The fourth-order valence-corrected chi connectivity index (χ4v) is 1.59. The molecule has 0 aromatic rings. The van der Waals surface area contributed by atoms with E-state index < -0.39 is 11.2 Å². The van der Waals surface area contributed by atoms with Crippen LogP contribution in [0.25, 0.3) is 0 Å². The zero-order valence-corrected chi connectivity index (χ0v) is 7.10. The highest BCUT2D eigenvalue weighted by molar-refractivity contribution is 5.14. The van der Waals surface area contributed by atoms with Gasteiger partial charge >= 0.3 is 0 Å². The molecule has 1 saturated carbocycles. The SMILES string of the molecule is CC1(C)[C@@](C)(O)C[C@@]1(C)O. The number of hydrogen-bond acceptors (Lipinski definition) is 2. The van der Waals surface area contributed by atoms with Crippen LogP contribution in [0.2, 0.25) is 0 Å². The summed E-state index contributed by atoms with van der Waals surface area (Å²) in [5.41, 5.74) is -1.77. The van der Waals surface area contributed by atoms with Crippen molar-refractivity contribution in [2.45, 2.75) is 45.3 Å². The van der Waals surface area contributed by atoms with E-state index in [0.29, 0.717) is 6.42 Å². The molecule has 0 heterocycles. The smallest absolute Gasteiger partial charge is 0.0725 e. The molecule has 2 heteroatoms. The summed E-state index contributed by atoms with van der Waals surface area (Å²) in [4.78, 5) is 0. The first-order valence-corrected chi connectivity index (χ1v) is 3.65. The summed E-state index contributed by atoms with van der Waals surface area (Å²) in [6.07, 6.45) is 0.479. The monoisotopic (exact) mass is 144 g/mol. The third-order valence-electron chi connectivity index (χ3n) is 3.38. The molecule has 1 rings (SSSR count). The van der Waals surface area contributed by atoms with Crippen LogP contribution < -0.4 is 0 Å². The fourth-order valence-electron chi connectivity index (χ4n) is 1.59. The molecule has 1 fully saturated rings. The molecule has 1 aliphatic carbocycles. The first kappa shape index (κ1) is 8.02. The van der Waals surface area contributed by atoms with Gasteiger partial charge in [-0.3, -0.25) is 0 Å². The summed E-state index contributed by atoms with van der Waals surface area (Å²) in [6, 6.07) is 0. The number of rotatable bonds is 0. The molecule has 0 aromatic heterocycles. The summed E-state index contributed by atoms with van der Waals surface area (Å²) >= 11 is 0. The Hall–Kier alpha value is -0.0800. The van der Waals surface area contributed by atoms with Crippen LogP contribution in [-0.2, 0) is 0 Å².